The van der Waals surface area contributed by atoms with Crippen LogP contribution in [0.15, 0.2) is 30.1 Å². The molecule has 0 spiro atoms. The molecule has 2 aliphatic heterocycles. The quantitative estimate of drug-likeness (QED) is 0.643. The molecule has 0 N–H and O–H groups in total. The van der Waals surface area contributed by atoms with Crippen LogP contribution in [-0.4, -0.2) is 68.2 Å². The lowest BCUT2D eigenvalue weighted by atomic mass is 10.1. The molecular formula is C24H29N5O3. The van der Waals surface area contributed by atoms with Crippen LogP contribution in [0, 0.1) is 11.8 Å². The van der Waals surface area contributed by atoms with Gasteiger partial charge in [-0.05, 0) is 46.5 Å². The van der Waals surface area contributed by atoms with Crippen LogP contribution in [0.3, 0.4) is 0 Å². The molecule has 4 rings (SSSR count). The van der Waals surface area contributed by atoms with E-state index in [0.717, 1.165) is 31.5 Å². The van der Waals surface area contributed by atoms with E-state index in [-0.39, 0.29) is 12.0 Å². The molecule has 0 atom stereocenters. The van der Waals surface area contributed by atoms with Crippen molar-refractivity contribution in [2.45, 2.75) is 52.1 Å². The molecule has 0 radical (unpaired) electrons. The molecule has 0 unspecified atom stereocenters. The highest BCUT2D eigenvalue weighted by Crippen LogP contribution is 2.16. The van der Waals surface area contributed by atoms with Crippen LogP contribution in [0.25, 0.3) is 5.65 Å². The zero-order chi connectivity index (χ0) is 22.7. The Morgan fingerprint density at radius 3 is 2.53 bits per heavy atom. The SMILES string of the molecule is CC(C)(C)OC(=O)N1CC=C(C#Cc2cnc3cc(C(=O)N4CCCCC4)nn3c2)CC1. The lowest BCUT2D eigenvalue weighted by molar-refractivity contribution is 0.0267. The van der Waals surface area contributed by atoms with Crippen LogP contribution < -0.4 is 0 Å². The molecule has 0 aliphatic carbocycles. The maximum absolute atomic E-state index is 12.7. The molecule has 2 amide bonds. The summed E-state index contributed by atoms with van der Waals surface area (Å²) in [4.78, 5) is 32.8. The van der Waals surface area contributed by atoms with Crippen molar-refractivity contribution in [2.75, 3.05) is 26.2 Å². The third-order valence-corrected chi connectivity index (χ3v) is 5.40. The minimum atomic E-state index is -0.503. The van der Waals surface area contributed by atoms with Gasteiger partial charge in [-0.1, -0.05) is 17.9 Å². The molecule has 8 heteroatoms. The van der Waals surface area contributed by atoms with Crippen molar-refractivity contribution >= 4 is 17.6 Å². The fourth-order valence-electron chi connectivity index (χ4n) is 3.73. The van der Waals surface area contributed by atoms with E-state index in [1.54, 1.807) is 27.9 Å². The number of hydrogen-bond acceptors (Lipinski definition) is 5. The number of hydrogen-bond donors (Lipinski definition) is 0. The lowest BCUT2D eigenvalue weighted by Crippen LogP contribution is -2.39. The van der Waals surface area contributed by atoms with E-state index in [1.807, 2.05) is 31.7 Å². The lowest BCUT2D eigenvalue weighted by Gasteiger charge is -2.28. The van der Waals surface area contributed by atoms with Gasteiger partial charge in [-0.2, -0.15) is 5.10 Å². The number of piperidine rings is 1. The first-order valence-electron chi connectivity index (χ1n) is 11.1. The van der Waals surface area contributed by atoms with Gasteiger partial charge in [0.2, 0.25) is 0 Å². The maximum Gasteiger partial charge on any atom is 0.410 e. The Labute approximate surface area is 188 Å². The number of likely N-dealkylation sites (tertiary alicyclic amines) is 1. The number of aromatic nitrogens is 3. The minimum absolute atomic E-state index is 0.0373. The van der Waals surface area contributed by atoms with E-state index >= 15 is 0 Å². The molecule has 0 saturated carbocycles. The Bertz CT molecular complexity index is 1110. The van der Waals surface area contributed by atoms with Gasteiger partial charge in [0.05, 0.1) is 5.56 Å². The number of rotatable bonds is 1. The van der Waals surface area contributed by atoms with Crippen molar-refractivity contribution < 1.29 is 14.3 Å². The van der Waals surface area contributed by atoms with E-state index in [2.05, 4.69) is 21.9 Å². The van der Waals surface area contributed by atoms with Crippen molar-refractivity contribution in [1.29, 1.82) is 0 Å². The van der Waals surface area contributed by atoms with E-state index in [4.69, 9.17) is 4.74 Å². The number of fused-ring (bicyclic) bond motifs is 1. The minimum Gasteiger partial charge on any atom is -0.444 e. The molecule has 4 heterocycles. The molecule has 2 aliphatic rings. The molecule has 2 aromatic rings. The molecule has 8 nitrogen and oxygen atoms in total. The summed E-state index contributed by atoms with van der Waals surface area (Å²) in [5, 5.41) is 4.42. The topological polar surface area (TPSA) is 80.0 Å². The second kappa shape index (κ2) is 9.03. The highest BCUT2D eigenvalue weighted by molar-refractivity contribution is 5.93. The second-order valence-corrected chi connectivity index (χ2v) is 9.18. The zero-order valence-corrected chi connectivity index (χ0v) is 18.9. The predicted molar refractivity (Wildman–Crippen MR) is 120 cm³/mol. The number of ether oxygens (including phenoxy) is 1. The summed E-state index contributed by atoms with van der Waals surface area (Å²) in [7, 11) is 0. The molecule has 168 valence electrons. The molecule has 32 heavy (non-hydrogen) atoms. The second-order valence-electron chi connectivity index (χ2n) is 9.18. The van der Waals surface area contributed by atoms with Crippen molar-refractivity contribution in [1.82, 2.24) is 24.4 Å². The van der Waals surface area contributed by atoms with Crippen molar-refractivity contribution in [3.63, 3.8) is 0 Å². The van der Waals surface area contributed by atoms with Crippen LogP contribution in [0.1, 0.15) is 62.5 Å². The molecule has 0 bridgehead atoms. The Balaban J connectivity index is 1.42. The van der Waals surface area contributed by atoms with Gasteiger partial charge in [0.25, 0.3) is 5.91 Å². The van der Waals surface area contributed by atoms with Crippen LogP contribution in [0.2, 0.25) is 0 Å². The van der Waals surface area contributed by atoms with Gasteiger partial charge >= 0.3 is 6.09 Å². The van der Waals surface area contributed by atoms with Gasteiger partial charge in [-0.25, -0.2) is 14.3 Å². The van der Waals surface area contributed by atoms with E-state index < -0.39 is 5.60 Å². The van der Waals surface area contributed by atoms with Gasteiger partial charge < -0.3 is 14.5 Å². The summed E-state index contributed by atoms with van der Waals surface area (Å²) >= 11 is 0. The standard InChI is InChI=1S/C24H29N5O3/c1-24(2,3)32-23(31)28-13-9-18(10-14-28)7-8-19-16-25-21-15-20(26-29(21)17-19)22(30)27-11-5-4-6-12-27/h9,15-17H,4-6,10-14H2,1-3H3. The van der Waals surface area contributed by atoms with Gasteiger partial charge in [0.15, 0.2) is 11.3 Å². The van der Waals surface area contributed by atoms with Gasteiger partial charge in [-0.3, -0.25) is 4.79 Å². The van der Waals surface area contributed by atoms with Gasteiger partial charge in [-0.15, -0.1) is 0 Å². The van der Waals surface area contributed by atoms with E-state index in [9.17, 15) is 9.59 Å². The molecule has 1 fully saturated rings. The number of carbonyl (C=O) groups is 2. The maximum atomic E-state index is 12.7. The Hall–Kier alpha value is -3.34. The van der Waals surface area contributed by atoms with Crippen LogP contribution in [0.4, 0.5) is 4.79 Å². The summed E-state index contributed by atoms with van der Waals surface area (Å²) in [5.41, 5.74) is 2.24. The Kier molecular flexibility index (Phi) is 6.17. The fourth-order valence-corrected chi connectivity index (χ4v) is 3.73. The van der Waals surface area contributed by atoms with Crippen molar-refractivity contribution in [2.24, 2.45) is 0 Å². The Morgan fingerprint density at radius 1 is 1.06 bits per heavy atom. The number of amides is 2. The monoisotopic (exact) mass is 435 g/mol. The van der Waals surface area contributed by atoms with E-state index in [0.29, 0.717) is 36.4 Å². The first kappa shape index (κ1) is 21.9. The highest BCUT2D eigenvalue weighted by atomic mass is 16.6. The van der Waals surface area contributed by atoms with Crippen molar-refractivity contribution in [3.8, 4) is 11.8 Å². The van der Waals surface area contributed by atoms with Crippen molar-refractivity contribution in [3.05, 3.63) is 41.4 Å². The molecular weight excluding hydrogens is 406 g/mol. The third kappa shape index (κ3) is 5.28. The first-order chi connectivity index (χ1) is 15.3. The summed E-state index contributed by atoms with van der Waals surface area (Å²) in [6, 6.07) is 1.73. The zero-order valence-electron chi connectivity index (χ0n) is 18.9. The first-order valence-corrected chi connectivity index (χ1v) is 11.1. The smallest absolute Gasteiger partial charge is 0.410 e. The predicted octanol–water partition coefficient (Wildman–Crippen LogP) is 3.27. The van der Waals surface area contributed by atoms with Gasteiger partial charge in [0, 0.05) is 50.2 Å². The fraction of sp³-hybridized carbons (Fsp3) is 0.500. The van der Waals surface area contributed by atoms with Crippen LogP contribution in [0.5, 0.6) is 0 Å². The average Bonchev–Trinajstić information content (AvgIpc) is 3.20. The van der Waals surface area contributed by atoms with Gasteiger partial charge in [0.1, 0.15) is 5.60 Å². The third-order valence-electron chi connectivity index (χ3n) is 5.40. The van der Waals surface area contributed by atoms with E-state index in [1.165, 1.54) is 6.42 Å². The Morgan fingerprint density at radius 2 is 1.84 bits per heavy atom. The average molecular weight is 436 g/mol. The normalized spacial score (nSPS) is 16.9. The van der Waals surface area contributed by atoms with Crippen LogP contribution in [-0.2, 0) is 4.74 Å². The number of carbonyl (C=O) groups excluding carboxylic acids is 2. The summed E-state index contributed by atoms with van der Waals surface area (Å²) < 4.78 is 7.03. The number of nitrogens with zero attached hydrogens (tertiary/aromatic N) is 5. The highest BCUT2D eigenvalue weighted by Gasteiger charge is 2.23. The van der Waals surface area contributed by atoms with Crippen LogP contribution >= 0.6 is 0 Å². The molecule has 1 saturated heterocycles. The largest absolute Gasteiger partial charge is 0.444 e. The molecule has 2 aromatic heterocycles. The summed E-state index contributed by atoms with van der Waals surface area (Å²) in [6.45, 7) is 8.22. The molecule has 0 aromatic carbocycles. The summed E-state index contributed by atoms with van der Waals surface area (Å²) in [6.07, 6.45) is 9.07. The summed E-state index contributed by atoms with van der Waals surface area (Å²) in [5.74, 6) is 6.25.